The van der Waals surface area contributed by atoms with Gasteiger partial charge in [-0.3, -0.25) is 0 Å². The molecule has 4 heterocycles. The van der Waals surface area contributed by atoms with E-state index in [2.05, 4.69) is 445 Å². The zero-order chi connectivity index (χ0) is 76.6. The molecule has 0 spiro atoms. The van der Waals surface area contributed by atoms with Crippen LogP contribution in [0.1, 0.15) is 79.0 Å². The Morgan fingerprint density at radius 2 is 0.540 bits per heavy atom. The van der Waals surface area contributed by atoms with Gasteiger partial charge in [-0.15, -0.1) is 0 Å². The average Bonchev–Trinajstić information content (AvgIpc) is 1.03. The summed E-state index contributed by atoms with van der Waals surface area (Å²) in [6.45, 7) is 21.1. The highest BCUT2D eigenvalue weighted by molar-refractivity contribution is 7.00. The molecule has 2 aliphatic rings. The highest BCUT2D eigenvalue weighted by Crippen LogP contribution is 2.56. The van der Waals surface area contributed by atoms with E-state index in [0.29, 0.717) is 0 Å². The van der Waals surface area contributed by atoms with Crippen LogP contribution in [0.15, 0.2) is 364 Å². The number of hydrogen-bond acceptors (Lipinski definition) is 2. The van der Waals surface area contributed by atoms with Crippen molar-refractivity contribution in [3.8, 4) is 89.3 Å². The molecule has 0 radical (unpaired) electrons. The molecule has 542 valence electrons. The van der Waals surface area contributed by atoms with E-state index in [9.17, 15) is 0 Å². The second-order valence-electron chi connectivity index (χ2n) is 34.1. The molecule has 0 bridgehead atoms. The average molecular weight is 1450 g/mol. The summed E-state index contributed by atoms with van der Waals surface area (Å²) >= 11 is 0. The fraction of sp³-hybridized carbons (Fsp3) is 0.111. The topological polar surface area (TPSA) is 16.3 Å². The Morgan fingerprint density at radius 3 is 0.938 bits per heavy atom. The van der Waals surface area contributed by atoms with E-state index in [1.807, 2.05) is 0 Å². The molecule has 0 fully saturated rings. The zero-order valence-corrected chi connectivity index (χ0v) is 65.5. The number of benzene rings is 16. The third-order valence-corrected chi connectivity index (χ3v) is 23.9. The highest BCUT2D eigenvalue weighted by Gasteiger charge is 2.47. The van der Waals surface area contributed by atoms with Crippen molar-refractivity contribution in [3.05, 3.63) is 381 Å². The molecule has 2 aliphatic heterocycles. The first-order valence-corrected chi connectivity index (χ1v) is 39.9. The zero-order valence-electron chi connectivity index (χ0n) is 65.5. The largest absolute Gasteiger partial charge is 0.310 e. The van der Waals surface area contributed by atoms with Crippen LogP contribution in [-0.2, 0) is 16.2 Å². The minimum atomic E-state index is -0.360. The third-order valence-electron chi connectivity index (χ3n) is 23.9. The molecule has 0 N–H and O–H groups in total. The van der Waals surface area contributed by atoms with Crippen LogP contribution in [-0.4, -0.2) is 15.8 Å². The molecule has 18 aromatic rings. The van der Waals surface area contributed by atoms with E-state index in [1.54, 1.807) is 0 Å². The first-order chi connectivity index (χ1) is 55.0. The number of nitrogens with zero attached hydrogens (tertiary/aromatic N) is 4. The predicted octanol–water partition coefficient (Wildman–Crippen LogP) is 27.5. The van der Waals surface area contributed by atoms with E-state index < -0.39 is 0 Å². The molecule has 4 nitrogen and oxygen atoms in total. The normalized spacial score (nSPS) is 12.8. The minimum absolute atomic E-state index is 0.113. The number of fused-ring (bicyclic) bond motifs is 10. The number of aromatic nitrogens is 2. The second-order valence-corrected chi connectivity index (χ2v) is 34.1. The molecule has 0 saturated carbocycles. The van der Waals surface area contributed by atoms with Gasteiger partial charge in [0.25, 0.3) is 6.71 Å². The predicted molar refractivity (Wildman–Crippen MR) is 483 cm³/mol. The minimum Gasteiger partial charge on any atom is -0.310 e. The molecule has 2 aromatic heterocycles. The van der Waals surface area contributed by atoms with Gasteiger partial charge in [0.05, 0.1) is 33.4 Å². The van der Waals surface area contributed by atoms with Crippen LogP contribution < -0.4 is 26.2 Å². The molecule has 0 unspecified atom stereocenters. The Labute approximate surface area is 663 Å². The smallest absolute Gasteiger partial charge is 0.252 e. The lowest BCUT2D eigenvalue weighted by molar-refractivity contribution is 0.569. The van der Waals surface area contributed by atoms with Gasteiger partial charge in [-0.05, 0) is 196 Å². The highest BCUT2D eigenvalue weighted by atomic mass is 15.2. The van der Waals surface area contributed by atoms with E-state index in [1.165, 1.54) is 76.8 Å². The Morgan fingerprint density at radius 1 is 0.212 bits per heavy atom. The first-order valence-electron chi connectivity index (χ1n) is 39.9. The lowest BCUT2D eigenvalue weighted by Gasteiger charge is -2.46. The van der Waals surface area contributed by atoms with Crippen molar-refractivity contribution in [2.24, 2.45) is 0 Å². The van der Waals surface area contributed by atoms with Crippen LogP contribution in [0.5, 0.6) is 0 Å². The van der Waals surface area contributed by atoms with Crippen molar-refractivity contribution in [1.29, 1.82) is 0 Å². The van der Waals surface area contributed by atoms with Crippen molar-refractivity contribution >= 4 is 101 Å². The lowest BCUT2D eigenvalue weighted by atomic mass is 9.33. The van der Waals surface area contributed by atoms with Crippen molar-refractivity contribution in [1.82, 2.24) is 9.13 Å². The summed E-state index contributed by atoms with van der Waals surface area (Å²) in [5.41, 5.74) is 36.6. The van der Waals surface area contributed by atoms with E-state index in [4.69, 9.17) is 0 Å². The second kappa shape index (κ2) is 26.8. The maximum atomic E-state index is 2.74. The first kappa shape index (κ1) is 69.0. The Balaban J connectivity index is 0.956. The van der Waals surface area contributed by atoms with Crippen LogP contribution in [0.4, 0.5) is 34.1 Å². The summed E-state index contributed by atoms with van der Waals surface area (Å²) in [6, 6.07) is 138. The van der Waals surface area contributed by atoms with Crippen LogP contribution in [0.2, 0.25) is 0 Å². The summed E-state index contributed by atoms with van der Waals surface area (Å²) in [4.78, 5) is 5.47. The molecule has 20 rings (SSSR count). The standard InChI is InChI=1S/C108H87BN4/c1-106(2,3)80-57-77(58-81(64-80)107(4,5)6)76-53-55-93-99(63-76)112(104-87(72-39-21-12-22-40-72)59-78(70-35-17-10-18-36-70)60-88(104)73-41-23-13-24-42-73)101-65-82(108(7,8)9)66-102-103(101)109(93)94-56-54-84(111-96-52-34-32-50-86(96)92-68-97-91(69-98(92)111)85-49-31-33-51-95(85)110(97)83-47-29-16-30-48-83)67-100(94)113(102)105-89(74-43-25-14-26-44-74)61-79(71-37-19-11-20-38-71)62-90(105)75-45-27-15-28-46-75/h10-69H,1-9H3. The monoisotopic (exact) mass is 1450 g/mol. The van der Waals surface area contributed by atoms with Gasteiger partial charge in [-0.2, -0.15) is 0 Å². The van der Waals surface area contributed by atoms with Crippen LogP contribution in [0.3, 0.4) is 0 Å². The summed E-state index contributed by atoms with van der Waals surface area (Å²) in [5, 5.41) is 4.82. The SMILES string of the molecule is CC(C)(C)c1cc(-c2ccc3c(c2)N(c2c(-c4ccccc4)cc(-c4ccccc4)cc2-c2ccccc2)c2cc(C(C)(C)C)cc4c2B3c2ccc(-n3c5ccccc5c5cc6c(cc53)c3ccccc3n6-c3ccccc3)cc2N4c2c(-c3ccccc3)cc(-c3ccccc3)cc2-c2ccccc2)cc(C(C)(C)C)c1. The van der Waals surface area contributed by atoms with E-state index in [0.717, 1.165) is 123 Å². The maximum Gasteiger partial charge on any atom is 0.252 e. The van der Waals surface area contributed by atoms with Gasteiger partial charge in [0.2, 0.25) is 0 Å². The number of para-hydroxylation sites is 3. The molecule has 5 heteroatoms. The van der Waals surface area contributed by atoms with Gasteiger partial charge in [0, 0.05) is 77.9 Å². The van der Waals surface area contributed by atoms with Crippen LogP contribution in [0.25, 0.3) is 133 Å². The maximum absolute atomic E-state index is 2.74. The fourth-order valence-electron chi connectivity index (χ4n) is 18.1. The van der Waals surface area contributed by atoms with Crippen LogP contribution in [0, 0.1) is 0 Å². The lowest BCUT2D eigenvalue weighted by Crippen LogP contribution is -2.61. The van der Waals surface area contributed by atoms with Gasteiger partial charge in [0.1, 0.15) is 0 Å². The van der Waals surface area contributed by atoms with Crippen molar-refractivity contribution in [2.75, 3.05) is 9.80 Å². The Kier molecular flexibility index (Phi) is 16.4. The van der Waals surface area contributed by atoms with Crippen LogP contribution >= 0.6 is 0 Å². The summed E-state index contributed by atoms with van der Waals surface area (Å²) in [5.74, 6) is 0. The molecule has 0 amide bonds. The van der Waals surface area contributed by atoms with Crippen molar-refractivity contribution in [3.63, 3.8) is 0 Å². The number of anilines is 6. The molecule has 113 heavy (non-hydrogen) atoms. The van der Waals surface area contributed by atoms with Gasteiger partial charge < -0.3 is 18.9 Å². The number of hydrogen-bond donors (Lipinski definition) is 0. The fourth-order valence-corrected chi connectivity index (χ4v) is 18.1. The van der Waals surface area contributed by atoms with Gasteiger partial charge in [-0.1, -0.05) is 335 Å². The summed E-state index contributed by atoms with van der Waals surface area (Å²) in [6.07, 6.45) is 0. The molecule has 0 atom stereocenters. The Bertz CT molecular complexity index is 6610. The summed E-state index contributed by atoms with van der Waals surface area (Å²) < 4.78 is 5.01. The van der Waals surface area contributed by atoms with Gasteiger partial charge in [0.15, 0.2) is 0 Å². The van der Waals surface area contributed by atoms with Gasteiger partial charge >= 0.3 is 0 Å². The third kappa shape index (κ3) is 11.7. The molecule has 0 aliphatic carbocycles. The molecular weight excluding hydrogens is 1360 g/mol. The van der Waals surface area contributed by atoms with E-state index in [-0.39, 0.29) is 23.0 Å². The summed E-state index contributed by atoms with van der Waals surface area (Å²) in [7, 11) is 0. The van der Waals surface area contributed by atoms with E-state index >= 15 is 0 Å². The molecule has 0 saturated heterocycles. The Hall–Kier alpha value is -13.2. The molecular formula is C108H87BN4. The quantitative estimate of drug-likeness (QED) is 0.120. The molecule has 16 aromatic carbocycles. The van der Waals surface area contributed by atoms with Crippen molar-refractivity contribution < 1.29 is 0 Å². The van der Waals surface area contributed by atoms with Gasteiger partial charge in [-0.25, -0.2) is 0 Å². The number of rotatable bonds is 11. The van der Waals surface area contributed by atoms with Crippen molar-refractivity contribution in [2.45, 2.75) is 78.6 Å².